The molecule has 0 atom stereocenters. The van der Waals surface area contributed by atoms with Gasteiger partial charge in [0, 0.05) is 30.6 Å². The number of carbonyl (C=O) groups is 1. The van der Waals surface area contributed by atoms with Crippen LogP contribution in [-0.2, 0) is 6.42 Å². The van der Waals surface area contributed by atoms with Gasteiger partial charge in [0.25, 0.3) is 5.91 Å². The number of aromatic nitrogens is 2. The van der Waals surface area contributed by atoms with Crippen molar-refractivity contribution in [2.45, 2.75) is 53.2 Å². The van der Waals surface area contributed by atoms with Crippen molar-refractivity contribution < 1.29 is 15.7 Å². The molecule has 1 aliphatic carbocycles. The van der Waals surface area contributed by atoms with E-state index in [0.717, 1.165) is 12.1 Å². The number of methoxy groups -OCH3 is 1. The van der Waals surface area contributed by atoms with Crippen molar-refractivity contribution in [2.24, 2.45) is 10.8 Å². The second-order valence-electron chi connectivity index (χ2n) is 8.77. The van der Waals surface area contributed by atoms with Crippen LogP contribution in [0.1, 0.15) is 57.8 Å². The predicted octanol–water partition coefficient (Wildman–Crippen LogP) is 3.78. The minimum absolute atomic E-state index is 0. The van der Waals surface area contributed by atoms with E-state index in [1.54, 1.807) is 24.4 Å². The third-order valence-corrected chi connectivity index (χ3v) is 5.96. The first-order valence-corrected chi connectivity index (χ1v) is 10.0. The highest BCUT2D eigenvalue weighted by Crippen LogP contribution is 2.55. The molecule has 1 aromatic heterocycles. The molecule has 1 N–H and O–H groups in total. The first-order chi connectivity index (χ1) is 14.1. The molecule has 0 spiro atoms. The van der Waals surface area contributed by atoms with Crippen LogP contribution >= 0.6 is 0 Å². The largest absolute Gasteiger partial charge is 0.495 e. The second-order valence-corrected chi connectivity index (χ2v) is 8.77. The maximum atomic E-state index is 12.7. The minimum atomic E-state index is -0.322. The van der Waals surface area contributed by atoms with Crippen molar-refractivity contribution in [3.8, 4) is 17.6 Å². The van der Waals surface area contributed by atoms with Crippen LogP contribution in [0.3, 0.4) is 0 Å². The van der Waals surface area contributed by atoms with Crippen LogP contribution in [0.2, 0.25) is 0 Å². The summed E-state index contributed by atoms with van der Waals surface area (Å²) >= 11 is 0. The van der Waals surface area contributed by atoms with E-state index in [0.29, 0.717) is 22.8 Å². The molecule has 7 heteroatoms. The Balaban J connectivity index is 0.00000341. The van der Waals surface area contributed by atoms with Crippen molar-refractivity contribution in [1.29, 1.82) is 5.26 Å². The highest BCUT2D eigenvalue weighted by Gasteiger charge is 2.64. The first kappa shape index (κ1) is 21.6. The summed E-state index contributed by atoms with van der Waals surface area (Å²) in [4.78, 5) is 21.2. The molecule has 0 bridgehead atoms. The SMILES string of the molecule is CCc1cnc(C(=O)NC2C(C)(C)C(Oc3ccc(C#N)c(OC)c3)C2(C)C)cn1.[HH]. The number of nitrogens with zero attached hydrogens (tertiary/aromatic N) is 3. The summed E-state index contributed by atoms with van der Waals surface area (Å²) in [7, 11) is 1.53. The van der Waals surface area contributed by atoms with Crippen LogP contribution in [-0.4, -0.2) is 35.1 Å². The number of hydrogen-bond donors (Lipinski definition) is 1. The number of aryl methyl sites for hydroxylation is 1. The number of benzene rings is 1. The fourth-order valence-corrected chi connectivity index (χ4v) is 4.63. The van der Waals surface area contributed by atoms with E-state index >= 15 is 0 Å². The summed E-state index contributed by atoms with van der Waals surface area (Å²) in [6, 6.07) is 7.16. The molecule has 3 rings (SSSR count). The third-order valence-electron chi connectivity index (χ3n) is 5.96. The fourth-order valence-electron chi connectivity index (χ4n) is 4.63. The van der Waals surface area contributed by atoms with Gasteiger partial charge in [0.2, 0.25) is 0 Å². The monoisotopic (exact) mass is 410 g/mol. The molecule has 160 valence electrons. The zero-order valence-corrected chi connectivity index (χ0v) is 18.3. The van der Waals surface area contributed by atoms with E-state index in [9.17, 15) is 4.79 Å². The van der Waals surface area contributed by atoms with Crippen LogP contribution in [0.15, 0.2) is 30.6 Å². The molecule has 1 aliphatic rings. The van der Waals surface area contributed by atoms with E-state index in [1.807, 2.05) is 6.92 Å². The minimum Gasteiger partial charge on any atom is -0.495 e. The molecule has 2 aromatic rings. The zero-order valence-electron chi connectivity index (χ0n) is 18.3. The van der Waals surface area contributed by atoms with Gasteiger partial charge in [0.05, 0.1) is 24.6 Å². The van der Waals surface area contributed by atoms with Gasteiger partial charge in [-0.1, -0.05) is 34.6 Å². The second kappa shape index (κ2) is 7.94. The Bertz CT molecular complexity index is 967. The fraction of sp³-hybridized carbons (Fsp3) is 0.478. The topological polar surface area (TPSA) is 97.1 Å². The Morgan fingerprint density at radius 2 is 1.93 bits per heavy atom. The van der Waals surface area contributed by atoms with Crippen LogP contribution in [0.4, 0.5) is 0 Å². The van der Waals surface area contributed by atoms with Gasteiger partial charge in [-0.15, -0.1) is 0 Å². The number of hydrogen-bond acceptors (Lipinski definition) is 6. The van der Waals surface area contributed by atoms with Gasteiger partial charge in [-0.3, -0.25) is 9.78 Å². The molecule has 1 fully saturated rings. The van der Waals surface area contributed by atoms with Gasteiger partial charge in [0.15, 0.2) is 0 Å². The lowest BCUT2D eigenvalue weighted by molar-refractivity contribution is -0.164. The lowest BCUT2D eigenvalue weighted by Gasteiger charge is -2.63. The highest BCUT2D eigenvalue weighted by molar-refractivity contribution is 5.92. The standard InChI is InChI=1S/C23H28N4O3.H2/c1-7-15-12-26-17(13-25-15)19(28)27-20-22(2,3)21(23(20,4)5)30-16-9-8-14(11-24)18(10-16)29-6;/h8-10,12-13,20-21H,7H2,1-6H3,(H,27,28);1H. The molecule has 0 saturated heterocycles. The van der Waals surface area contributed by atoms with E-state index in [-0.39, 0.29) is 30.3 Å². The van der Waals surface area contributed by atoms with Crippen molar-refractivity contribution in [3.05, 3.63) is 47.5 Å². The van der Waals surface area contributed by atoms with Gasteiger partial charge < -0.3 is 14.8 Å². The van der Waals surface area contributed by atoms with E-state index < -0.39 is 0 Å². The van der Waals surface area contributed by atoms with Crippen molar-refractivity contribution in [3.63, 3.8) is 0 Å². The molecule has 1 amide bonds. The number of nitrogens with one attached hydrogen (secondary N) is 1. The summed E-state index contributed by atoms with van der Waals surface area (Å²) in [5.74, 6) is 0.862. The number of ether oxygens (including phenoxy) is 2. The average molecular weight is 411 g/mol. The van der Waals surface area contributed by atoms with Crippen LogP contribution in [0, 0.1) is 22.2 Å². The number of amides is 1. The van der Waals surface area contributed by atoms with Crippen molar-refractivity contribution in [1.82, 2.24) is 15.3 Å². The van der Waals surface area contributed by atoms with Gasteiger partial charge in [-0.25, -0.2) is 4.98 Å². The Hall–Kier alpha value is -3.14. The van der Waals surface area contributed by atoms with Crippen LogP contribution < -0.4 is 14.8 Å². The molecular formula is C23H30N4O3. The van der Waals surface area contributed by atoms with Crippen LogP contribution in [0.5, 0.6) is 11.5 Å². The lowest BCUT2D eigenvalue weighted by Crippen LogP contribution is -2.74. The summed E-state index contributed by atoms with van der Waals surface area (Å²) in [6.45, 7) is 10.3. The smallest absolute Gasteiger partial charge is 0.271 e. The Morgan fingerprint density at radius 3 is 2.47 bits per heavy atom. The van der Waals surface area contributed by atoms with Crippen LogP contribution in [0.25, 0.3) is 0 Å². The Morgan fingerprint density at radius 1 is 1.23 bits per heavy atom. The molecule has 1 aromatic carbocycles. The molecule has 30 heavy (non-hydrogen) atoms. The zero-order chi connectivity index (χ0) is 22.1. The molecule has 1 heterocycles. The quantitative estimate of drug-likeness (QED) is 0.778. The lowest BCUT2D eigenvalue weighted by atomic mass is 9.49. The Kier molecular flexibility index (Phi) is 5.71. The number of rotatable bonds is 6. The summed E-state index contributed by atoms with van der Waals surface area (Å²) in [6.07, 6.45) is 3.78. The average Bonchev–Trinajstić information content (AvgIpc) is 2.74. The van der Waals surface area contributed by atoms with Gasteiger partial charge in [0.1, 0.15) is 29.4 Å². The predicted molar refractivity (Wildman–Crippen MR) is 114 cm³/mol. The maximum Gasteiger partial charge on any atom is 0.271 e. The summed E-state index contributed by atoms with van der Waals surface area (Å²) in [5.41, 5.74) is 0.966. The number of carbonyl (C=O) groups excluding carboxylic acids is 1. The summed E-state index contributed by atoms with van der Waals surface area (Å²) < 4.78 is 11.6. The third kappa shape index (κ3) is 3.70. The highest BCUT2D eigenvalue weighted by atomic mass is 16.5. The summed E-state index contributed by atoms with van der Waals surface area (Å²) in [5, 5.41) is 12.3. The van der Waals surface area contributed by atoms with Crippen molar-refractivity contribution in [2.75, 3.05) is 7.11 Å². The normalized spacial score (nSPS) is 21.1. The molecule has 1 saturated carbocycles. The van der Waals surface area contributed by atoms with Gasteiger partial charge in [-0.05, 0) is 18.6 Å². The van der Waals surface area contributed by atoms with E-state index in [2.05, 4.69) is 49.0 Å². The van der Waals surface area contributed by atoms with E-state index in [4.69, 9.17) is 14.7 Å². The number of nitriles is 1. The first-order valence-electron chi connectivity index (χ1n) is 10.0. The van der Waals surface area contributed by atoms with Crippen molar-refractivity contribution >= 4 is 5.91 Å². The van der Waals surface area contributed by atoms with Gasteiger partial charge >= 0.3 is 0 Å². The molecule has 0 radical (unpaired) electrons. The molecule has 7 nitrogen and oxygen atoms in total. The molecular weight excluding hydrogens is 380 g/mol. The molecule has 0 aliphatic heterocycles. The van der Waals surface area contributed by atoms with Gasteiger partial charge in [-0.2, -0.15) is 5.26 Å². The molecule has 0 unspecified atom stereocenters. The van der Waals surface area contributed by atoms with E-state index in [1.165, 1.54) is 13.3 Å². The Labute approximate surface area is 178 Å². The maximum absolute atomic E-state index is 12.7.